The highest BCUT2D eigenvalue weighted by Gasteiger charge is 2.28. The van der Waals surface area contributed by atoms with Gasteiger partial charge in [0.05, 0.1) is 4.92 Å². The van der Waals surface area contributed by atoms with Crippen LogP contribution in [0, 0.1) is 10.1 Å². The number of nitro groups is 1. The Hall–Kier alpha value is -3.00. The molecule has 3 rings (SSSR count). The van der Waals surface area contributed by atoms with E-state index in [0.717, 1.165) is 26.2 Å². The SMILES string of the molecule is CC(C)N1CCN(c2ccc([N+](=O)[O-])c(-c3ccccc3C(=O)N(C(C)C)C(C)C)n2)CC1. The molecule has 1 aromatic carbocycles. The Kier molecular flexibility index (Phi) is 7.68. The van der Waals surface area contributed by atoms with Gasteiger partial charge in [0, 0.05) is 61.5 Å². The van der Waals surface area contributed by atoms with Gasteiger partial charge in [0.15, 0.2) is 5.69 Å². The number of benzene rings is 1. The molecule has 1 fully saturated rings. The molecule has 0 atom stereocenters. The predicted molar refractivity (Wildman–Crippen MR) is 132 cm³/mol. The summed E-state index contributed by atoms with van der Waals surface area (Å²) in [5.41, 5.74) is 1.06. The fourth-order valence-corrected chi connectivity index (χ4v) is 4.51. The van der Waals surface area contributed by atoms with E-state index in [0.29, 0.717) is 23.0 Å². The number of piperazine rings is 1. The molecule has 1 aliphatic heterocycles. The molecule has 178 valence electrons. The van der Waals surface area contributed by atoms with E-state index in [1.54, 1.807) is 35.2 Å². The molecule has 0 bridgehead atoms. The van der Waals surface area contributed by atoms with Crippen LogP contribution < -0.4 is 4.90 Å². The van der Waals surface area contributed by atoms with Gasteiger partial charge in [-0.1, -0.05) is 18.2 Å². The van der Waals surface area contributed by atoms with Gasteiger partial charge in [-0.05, 0) is 53.7 Å². The van der Waals surface area contributed by atoms with Crippen LogP contribution in [0.1, 0.15) is 51.9 Å². The Balaban J connectivity index is 2.05. The molecule has 0 spiro atoms. The molecular formula is C25H35N5O3. The predicted octanol–water partition coefficient (Wildman–Crippen LogP) is 4.45. The van der Waals surface area contributed by atoms with E-state index >= 15 is 0 Å². The molecule has 1 aliphatic rings. The van der Waals surface area contributed by atoms with E-state index in [-0.39, 0.29) is 29.4 Å². The van der Waals surface area contributed by atoms with Crippen LogP contribution >= 0.6 is 0 Å². The second-order valence-electron chi connectivity index (χ2n) is 9.36. The van der Waals surface area contributed by atoms with Crippen molar-refractivity contribution in [3.63, 3.8) is 0 Å². The minimum absolute atomic E-state index is 0.00270. The second kappa shape index (κ2) is 10.3. The summed E-state index contributed by atoms with van der Waals surface area (Å²) in [7, 11) is 0. The van der Waals surface area contributed by atoms with Gasteiger partial charge >= 0.3 is 0 Å². The van der Waals surface area contributed by atoms with Crippen molar-refractivity contribution < 1.29 is 9.72 Å². The maximum absolute atomic E-state index is 13.5. The fourth-order valence-electron chi connectivity index (χ4n) is 4.51. The highest BCUT2D eigenvalue weighted by molar-refractivity contribution is 6.01. The Morgan fingerprint density at radius 3 is 2.12 bits per heavy atom. The third-order valence-corrected chi connectivity index (χ3v) is 6.18. The van der Waals surface area contributed by atoms with E-state index in [1.165, 1.54) is 6.07 Å². The van der Waals surface area contributed by atoms with Crippen LogP contribution in [-0.2, 0) is 0 Å². The van der Waals surface area contributed by atoms with Crippen molar-refractivity contribution in [3.05, 3.63) is 52.1 Å². The quantitative estimate of drug-likeness (QED) is 0.455. The number of carbonyl (C=O) groups is 1. The van der Waals surface area contributed by atoms with Crippen molar-refractivity contribution in [2.45, 2.75) is 59.7 Å². The first-order chi connectivity index (χ1) is 15.6. The smallest absolute Gasteiger partial charge is 0.295 e. The average Bonchev–Trinajstić information content (AvgIpc) is 2.78. The van der Waals surface area contributed by atoms with E-state index in [1.807, 2.05) is 27.7 Å². The van der Waals surface area contributed by atoms with Gasteiger partial charge in [0.1, 0.15) is 5.82 Å². The summed E-state index contributed by atoms with van der Waals surface area (Å²) in [6.07, 6.45) is 0. The van der Waals surface area contributed by atoms with Crippen LogP contribution in [0.15, 0.2) is 36.4 Å². The minimum Gasteiger partial charge on any atom is -0.354 e. The maximum Gasteiger partial charge on any atom is 0.295 e. The molecule has 0 radical (unpaired) electrons. The zero-order valence-electron chi connectivity index (χ0n) is 20.5. The standard InChI is InChI=1S/C25H35N5O3/c1-17(2)27-13-15-28(16-14-27)23-12-11-22(30(32)33)24(26-23)20-9-7-8-10-21(20)25(31)29(18(3)4)19(5)6/h7-12,17-19H,13-16H2,1-6H3. The van der Waals surface area contributed by atoms with Gasteiger partial charge in [-0.25, -0.2) is 4.98 Å². The van der Waals surface area contributed by atoms with Crippen LogP contribution in [0.25, 0.3) is 11.3 Å². The van der Waals surface area contributed by atoms with Crippen molar-refractivity contribution >= 4 is 17.4 Å². The summed E-state index contributed by atoms with van der Waals surface area (Å²) >= 11 is 0. The average molecular weight is 454 g/mol. The van der Waals surface area contributed by atoms with Gasteiger partial charge in [-0.15, -0.1) is 0 Å². The summed E-state index contributed by atoms with van der Waals surface area (Å²) in [5, 5.41) is 11.9. The number of carbonyl (C=O) groups excluding carboxylic acids is 1. The minimum atomic E-state index is -0.424. The second-order valence-corrected chi connectivity index (χ2v) is 9.36. The highest BCUT2D eigenvalue weighted by atomic mass is 16.6. The van der Waals surface area contributed by atoms with Crippen molar-refractivity contribution in [1.29, 1.82) is 0 Å². The molecule has 8 nitrogen and oxygen atoms in total. The number of amides is 1. The van der Waals surface area contributed by atoms with Crippen LogP contribution in [0.3, 0.4) is 0 Å². The van der Waals surface area contributed by atoms with E-state index in [9.17, 15) is 14.9 Å². The van der Waals surface area contributed by atoms with Gasteiger partial charge in [0.2, 0.25) is 0 Å². The Bertz CT molecular complexity index is 989. The molecule has 0 saturated carbocycles. The number of nitrogens with zero attached hydrogens (tertiary/aromatic N) is 5. The van der Waals surface area contributed by atoms with Gasteiger partial charge < -0.3 is 9.80 Å². The first-order valence-electron chi connectivity index (χ1n) is 11.7. The molecule has 33 heavy (non-hydrogen) atoms. The molecule has 0 N–H and O–H groups in total. The topological polar surface area (TPSA) is 82.8 Å². The third-order valence-electron chi connectivity index (χ3n) is 6.18. The molecule has 1 aromatic heterocycles. The summed E-state index contributed by atoms with van der Waals surface area (Å²) in [5.74, 6) is 0.550. The van der Waals surface area contributed by atoms with E-state index < -0.39 is 4.92 Å². The van der Waals surface area contributed by atoms with E-state index in [4.69, 9.17) is 4.98 Å². The Labute approximate surface area is 196 Å². The van der Waals surface area contributed by atoms with Gasteiger partial charge in [-0.3, -0.25) is 19.8 Å². The van der Waals surface area contributed by atoms with Crippen LogP contribution in [-0.4, -0.2) is 69.9 Å². The monoisotopic (exact) mass is 453 g/mol. The van der Waals surface area contributed by atoms with Crippen LogP contribution in [0.5, 0.6) is 0 Å². The number of hydrogen-bond donors (Lipinski definition) is 0. The molecule has 0 unspecified atom stereocenters. The molecule has 2 heterocycles. The number of hydrogen-bond acceptors (Lipinski definition) is 6. The molecule has 8 heteroatoms. The van der Waals surface area contributed by atoms with Crippen molar-refractivity contribution in [2.75, 3.05) is 31.1 Å². The zero-order valence-corrected chi connectivity index (χ0v) is 20.5. The largest absolute Gasteiger partial charge is 0.354 e. The lowest BCUT2D eigenvalue weighted by Crippen LogP contribution is -2.49. The lowest BCUT2D eigenvalue weighted by molar-refractivity contribution is -0.384. The fraction of sp³-hybridized carbons (Fsp3) is 0.520. The third kappa shape index (κ3) is 5.33. The molecule has 2 aromatic rings. The highest BCUT2D eigenvalue weighted by Crippen LogP contribution is 2.34. The molecular weight excluding hydrogens is 418 g/mol. The lowest BCUT2D eigenvalue weighted by atomic mass is 10.00. The molecule has 1 saturated heterocycles. The Morgan fingerprint density at radius 2 is 1.58 bits per heavy atom. The van der Waals surface area contributed by atoms with Crippen molar-refractivity contribution in [2.24, 2.45) is 0 Å². The van der Waals surface area contributed by atoms with E-state index in [2.05, 4.69) is 23.6 Å². The van der Waals surface area contributed by atoms with Crippen LogP contribution in [0.4, 0.5) is 11.5 Å². The molecule has 1 amide bonds. The zero-order chi connectivity index (χ0) is 24.3. The first kappa shape index (κ1) is 24.6. The number of rotatable bonds is 7. The number of pyridine rings is 1. The van der Waals surface area contributed by atoms with Crippen molar-refractivity contribution in [1.82, 2.24) is 14.8 Å². The molecule has 0 aliphatic carbocycles. The summed E-state index contributed by atoms with van der Waals surface area (Å²) in [4.78, 5) is 36.1. The first-order valence-corrected chi connectivity index (χ1v) is 11.7. The maximum atomic E-state index is 13.5. The van der Waals surface area contributed by atoms with Gasteiger partial charge in [0.25, 0.3) is 11.6 Å². The normalized spacial score (nSPS) is 14.9. The summed E-state index contributed by atoms with van der Waals surface area (Å²) in [6, 6.07) is 10.8. The van der Waals surface area contributed by atoms with Gasteiger partial charge in [-0.2, -0.15) is 0 Å². The summed E-state index contributed by atoms with van der Waals surface area (Å²) < 4.78 is 0. The number of aromatic nitrogens is 1. The van der Waals surface area contributed by atoms with Crippen molar-refractivity contribution in [3.8, 4) is 11.3 Å². The number of anilines is 1. The summed E-state index contributed by atoms with van der Waals surface area (Å²) in [6.45, 7) is 15.7. The lowest BCUT2D eigenvalue weighted by Gasteiger charge is -2.37. The van der Waals surface area contributed by atoms with Crippen LogP contribution in [0.2, 0.25) is 0 Å². The Morgan fingerprint density at radius 1 is 0.970 bits per heavy atom.